The van der Waals surface area contributed by atoms with Gasteiger partial charge >= 0.3 is 0 Å². The minimum absolute atomic E-state index is 0.223. The Balaban J connectivity index is 2.18. The summed E-state index contributed by atoms with van der Waals surface area (Å²) in [4.78, 5) is 0. The summed E-state index contributed by atoms with van der Waals surface area (Å²) in [6.45, 7) is 2.22. The van der Waals surface area contributed by atoms with E-state index in [2.05, 4.69) is 49.4 Å². The van der Waals surface area contributed by atoms with Crippen molar-refractivity contribution in [2.24, 2.45) is 0 Å². The van der Waals surface area contributed by atoms with Gasteiger partial charge in [0.2, 0.25) is 0 Å². The standard InChI is InChI=1S/C20H19Cl/c1-2-14-16-9-10-17-15-6-4-3-5-13(15)7-8-18(17)19(16)11-12-20(14)21/h3-7,9-10,20H,2,8,11-12H2,1H3. The van der Waals surface area contributed by atoms with Gasteiger partial charge in [0.25, 0.3) is 0 Å². The van der Waals surface area contributed by atoms with Crippen molar-refractivity contribution in [3.63, 3.8) is 0 Å². The van der Waals surface area contributed by atoms with Gasteiger partial charge in [0, 0.05) is 0 Å². The molecule has 0 N–H and O–H groups in total. The minimum Gasteiger partial charge on any atom is -0.118 e. The summed E-state index contributed by atoms with van der Waals surface area (Å²) in [5.41, 5.74) is 4.51. The van der Waals surface area contributed by atoms with Crippen molar-refractivity contribution in [2.45, 2.75) is 38.0 Å². The average molecular weight is 295 g/mol. The number of rotatable bonds is 1. The van der Waals surface area contributed by atoms with E-state index in [4.69, 9.17) is 11.6 Å². The maximum atomic E-state index is 6.53. The van der Waals surface area contributed by atoms with Gasteiger partial charge in [-0.1, -0.05) is 49.4 Å². The molecule has 0 aromatic heterocycles. The molecule has 0 bridgehead atoms. The third-order valence-corrected chi connectivity index (χ3v) is 5.44. The molecule has 0 nitrogen and oxygen atoms in total. The first-order valence-corrected chi connectivity index (χ1v) is 8.30. The van der Waals surface area contributed by atoms with Crippen molar-refractivity contribution in [3.8, 4) is 0 Å². The van der Waals surface area contributed by atoms with Crippen molar-refractivity contribution in [1.82, 2.24) is 0 Å². The summed E-state index contributed by atoms with van der Waals surface area (Å²) >= 11 is 6.53. The summed E-state index contributed by atoms with van der Waals surface area (Å²) in [5, 5.41) is 5.83. The molecule has 4 rings (SSSR count). The molecule has 1 atom stereocenters. The van der Waals surface area contributed by atoms with Crippen molar-refractivity contribution in [1.29, 1.82) is 0 Å². The fourth-order valence-electron chi connectivity index (χ4n) is 3.92. The average Bonchev–Trinajstić information content (AvgIpc) is 2.54. The van der Waals surface area contributed by atoms with Crippen LogP contribution in [-0.4, -0.2) is 5.38 Å². The van der Waals surface area contributed by atoms with Gasteiger partial charge in [-0.25, -0.2) is 0 Å². The Morgan fingerprint density at radius 1 is 1.00 bits per heavy atom. The van der Waals surface area contributed by atoms with E-state index in [1.807, 2.05) is 0 Å². The van der Waals surface area contributed by atoms with Gasteiger partial charge in [-0.2, -0.15) is 0 Å². The van der Waals surface area contributed by atoms with E-state index in [0.717, 1.165) is 25.7 Å². The second-order valence-corrected chi connectivity index (χ2v) is 6.53. The highest BCUT2D eigenvalue weighted by Crippen LogP contribution is 2.26. The van der Waals surface area contributed by atoms with E-state index in [9.17, 15) is 0 Å². The zero-order valence-electron chi connectivity index (χ0n) is 12.3. The molecule has 2 aromatic carbocycles. The molecule has 2 aliphatic rings. The van der Waals surface area contributed by atoms with Gasteiger partial charge in [0.15, 0.2) is 0 Å². The summed E-state index contributed by atoms with van der Waals surface area (Å²) < 4.78 is 0. The number of fused-ring (bicyclic) bond motifs is 4. The number of halogens is 1. The van der Waals surface area contributed by atoms with Crippen molar-refractivity contribution in [3.05, 3.63) is 68.4 Å². The first-order valence-electron chi connectivity index (χ1n) is 7.87. The van der Waals surface area contributed by atoms with E-state index in [-0.39, 0.29) is 5.38 Å². The molecule has 0 fully saturated rings. The van der Waals surface area contributed by atoms with Gasteiger partial charge in [-0.05, 0) is 63.3 Å². The quantitative estimate of drug-likeness (QED) is 0.707. The second-order valence-electron chi connectivity index (χ2n) is 6.00. The zero-order valence-corrected chi connectivity index (χ0v) is 13.1. The van der Waals surface area contributed by atoms with Crippen LogP contribution in [0.3, 0.4) is 0 Å². The van der Waals surface area contributed by atoms with Crippen LogP contribution in [0.1, 0.15) is 30.9 Å². The molecule has 0 saturated carbocycles. The largest absolute Gasteiger partial charge is 0.118 e. The highest BCUT2D eigenvalue weighted by atomic mass is 35.5. The van der Waals surface area contributed by atoms with Gasteiger partial charge < -0.3 is 0 Å². The molecule has 0 aliphatic heterocycles. The Morgan fingerprint density at radius 2 is 1.81 bits per heavy atom. The molecular weight excluding hydrogens is 276 g/mol. The fourth-order valence-corrected chi connectivity index (χ4v) is 4.30. The number of hydrogen-bond donors (Lipinski definition) is 0. The van der Waals surface area contributed by atoms with Gasteiger partial charge in [-0.15, -0.1) is 11.6 Å². The molecule has 106 valence electrons. The van der Waals surface area contributed by atoms with Crippen molar-refractivity contribution in [2.75, 3.05) is 0 Å². The van der Waals surface area contributed by atoms with Crippen LogP contribution in [0.15, 0.2) is 36.4 Å². The van der Waals surface area contributed by atoms with E-state index in [1.54, 1.807) is 5.56 Å². The van der Waals surface area contributed by atoms with Crippen LogP contribution in [0.4, 0.5) is 0 Å². The third-order valence-electron chi connectivity index (χ3n) is 4.96. The van der Waals surface area contributed by atoms with E-state index < -0.39 is 0 Å². The SMILES string of the molecule is CCC1=c2ccc3c(c2CCC1Cl)CC=c1ccccc1=3. The smallest absolute Gasteiger partial charge is 0.0557 e. The maximum Gasteiger partial charge on any atom is 0.0557 e. The summed E-state index contributed by atoms with van der Waals surface area (Å²) in [6, 6.07) is 13.3. The third kappa shape index (κ3) is 1.97. The number of hydrogen-bond acceptors (Lipinski definition) is 0. The molecule has 0 spiro atoms. The van der Waals surface area contributed by atoms with Crippen LogP contribution in [-0.2, 0) is 12.8 Å². The highest BCUT2D eigenvalue weighted by Gasteiger charge is 2.20. The predicted molar refractivity (Wildman–Crippen MR) is 89.6 cm³/mol. The first kappa shape index (κ1) is 13.2. The van der Waals surface area contributed by atoms with Crippen LogP contribution in [0.2, 0.25) is 0 Å². The van der Waals surface area contributed by atoms with Crippen LogP contribution in [0.5, 0.6) is 0 Å². The molecule has 2 aromatic rings. The fraction of sp³-hybridized carbons (Fsp3) is 0.300. The monoisotopic (exact) mass is 294 g/mol. The maximum absolute atomic E-state index is 6.53. The number of benzene rings is 2. The molecule has 2 aliphatic carbocycles. The Morgan fingerprint density at radius 3 is 2.67 bits per heavy atom. The van der Waals surface area contributed by atoms with E-state index in [0.29, 0.717) is 0 Å². The van der Waals surface area contributed by atoms with Crippen LogP contribution in [0, 0.1) is 10.4 Å². The zero-order chi connectivity index (χ0) is 14.4. The molecule has 0 amide bonds. The molecule has 0 heterocycles. The molecule has 21 heavy (non-hydrogen) atoms. The van der Waals surface area contributed by atoms with Gasteiger partial charge in [-0.3, -0.25) is 0 Å². The normalized spacial score (nSPS) is 19.3. The lowest BCUT2D eigenvalue weighted by Crippen LogP contribution is -2.27. The van der Waals surface area contributed by atoms with E-state index in [1.165, 1.54) is 32.0 Å². The number of alkyl halides is 1. The Hall–Kier alpha value is -1.53. The molecule has 0 saturated heterocycles. The Labute approximate surface area is 130 Å². The molecule has 1 unspecified atom stereocenters. The summed E-state index contributed by atoms with van der Waals surface area (Å²) in [6.07, 6.45) is 6.68. The minimum atomic E-state index is 0.223. The molecule has 0 radical (unpaired) electrons. The van der Waals surface area contributed by atoms with Crippen LogP contribution < -0.4 is 10.4 Å². The summed E-state index contributed by atoms with van der Waals surface area (Å²) in [5.74, 6) is 0. The van der Waals surface area contributed by atoms with Crippen molar-refractivity contribution >= 4 is 23.3 Å². The Bertz CT molecular complexity index is 921. The Kier molecular flexibility index (Phi) is 3.15. The van der Waals surface area contributed by atoms with Gasteiger partial charge in [0.1, 0.15) is 0 Å². The van der Waals surface area contributed by atoms with Crippen LogP contribution in [0.25, 0.3) is 11.6 Å². The second kappa shape index (κ2) is 5.03. The predicted octanol–water partition coefficient (Wildman–Crippen LogP) is 3.42. The van der Waals surface area contributed by atoms with Crippen molar-refractivity contribution < 1.29 is 0 Å². The first-order chi connectivity index (χ1) is 10.3. The lowest BCUT2D eigenvalue weighted by Gasteiger charge is -2.23. The van der Waals surface area contributed by atoms with Gasteiger partial charge in [0.05, 0.1) is 5.38 Å². The molecule has 1 heteroatoms. The van der Waals surface area contributed by atoms with E-state index >= 15 is 0 Å². The summed E-state index contributed by atoms with van der Waals surface area (Å²) in [7, 11) is 0. The highest BCUT2D eigenvalue weighted by molar-refractivity contribution is 6.25. The van der Waals surface area contributed by atoms with Crippen LogP contribution >= 0.6 is 11.6 Å². The molecular formula is C20H19Cl. The lowest BCUT2D eigenvalue weighted by atomic mass is 9.85. The topological polar surface area (TPSA) is 0 Å². The lowest BCUT2D eigenvalue weighted by molar-refractivity contribution is 0.797.